The lowest BCUT2D eigenvalue weighted by atomic mass is 10.2. The number of sulfonamides is 1. The highest BCUT2D eigenvalue weighted by atomic mass is 32.2. The van der Waals surface area contributed by atoms with Crippen LogP contribution in [0.4, 0.5) is 5.69 Å². The van der Waals surface area contributed by atoms with E-state index >= 15 is 0 Å². The average Bonchev–Trinajstić information content (AvgIpc) is 3.40. The molecule has 0 atom stereocenters. The highest BCUT2D eigenvalue weighted by Gasteiger charge is 2.27. The maximum absolute atomic E-state index is 13.2. The van der Waals surface area contributed by atoms with Crippen molar-refractivity contribution in [2.75, 3.05) is 11.3 Å². The number of hydrogen-bond donors (Lipinski definition) is 1. The van der Waals surface area contributed by atoms with Crippen LogP contribution in [0.5, 0.6) is 5.75 Å². The summed E-state index contributed by atoms with van der Waals surface area (Å²) in [6.45, 7) is 2.47. The van der Waals surface area contributed by atoms with Crippen LogP contribution in [0.25, 0.3) is 11.3 Å². The lowest BCUT2D eigenvalue weighted by Gasteiger charge is -2.09. The van der Waals surface area contributed by atoms with Gasteiger partial charge in [0.25, 0.3) is 10.0 Å². The van der Waals surface area contributed by atoms with Crippen molar-refractivity contribution in [2.45, 2.75) is 43.5 Å². The van der Waals surface area contributed by atoms with Gasteiger partial charge in [-0.1, -0.05) is 43.2 Å². The number of ether oxygens (including phenoxy) is 1. The van der Waals surface area contributed by atoms with E-state index in [2.05, 4.69) is 9.82 Å². The second kappa shape index (κ2) is 8.29. The first kappa shape index (κ1) is 19.5. The Labute approximate surface area is 171 Å². The molecule has 2 aromatic carbocycles. The average molecular weight is 412 g/mol. The maximum Gasteiger partial charge on any atom is 0.265 e. The van der Waals surface area contributed by atoms with E-state index in [4.69, 9.17) is 4.74 Å². The second-order valence-corrected chi connectivity index (χ2v) is 8.84. The van der Waals surface area contributed by atoms with Crippen LogP contribution in [0.1, 0.15) is 38.6 Å². The molecule has 1 N–H and O–H groups in total. The topological polar surface area (TPSA) is 73.2 Å². The van der Waals surface area contributed by atoms with Crippen molar-refractivity contribution in [3.8, 4) is 17.0 Å². The molecule has 0 amide bonds. The summed E-state index contributed by atoms with van der Waals surface area (Å²) in [6, 6.07) is 16.6. The van der Waals surface area contributed by atoms with Gasteiger partial charge >= 0.3 is 0 Å². The van der Waals surface area contributed by atoms with Crippen molar-refractivity contribution in [3.05, 3.63) is 60.8 Å². The van der Waals surface area contributed by atoms with E-state index in [0.717, 1.165) is 31.2 Å². The Morgan fingerprint density at radius 3 is 2.41 bits per heavy atom. The van der Waals surface area contributed by atoms with Crippen molar-refractivity contribution in [1.29, 1.82) is 0 Å². The van der Waals surface area contributed by atoms with Crippen LogP contribution in [0.15, 0.2) is 65.7 Å². The van der Waals surface area contributed by atoms with E-state index in [1.54, 1.807) is 30.5 Å². The van der Waals surface area contributed by atoms with Crippen LogP contribution in [-0.4, -0.2) is 24.8 Å². The summed E-state index contributed by atoms with van der Waals surface area (Å²) in [7, 11) is -3.80. The van der Waals surface area contributed by atoms with Crippen molar-refractivity contribution < 1.29 is 13.2 Å². The Morgan fingerprint density at radius 2 is 1.76 bits per heavy atom. The predicted molar refractivity (Wildman–Crippen MR) is 114 cm³/mol. The fourth-order valence-electron chi connectivity index (χ4n) is 3.72. The van der Waals surface area contributed by atoms with Crippen LogP contribution in [0, 0.1) is 0 Å². The zero-order chi connectivity index (χ0) is 20.3. The molecule has 0 saturated heterocycles. The fraction of sp³-hybridized carbons (Fsp3) is 0.318. The smallest absolute Gasteiger partial charge is 0.265 e. The number of anilines is 1. The van der Waals surface area contributed by atoms with Gasteiger partial charge in [-0.05, 0) is 44.0 Å². The summed E-state index contributed by atoms with van der Waals surface area (Å²) in [5, 5.41) is 4.69. The molecule has 1 fully saturated rings. The summed E-state index contributed by atoms with van der Waals surface area (Å²) >= 11 is 0. The van der Waals surface area contributed by atoms with Crippen molar-refractivity contribution in [2.24, 2.45) is 0 Å². The molecule has 1 aromatic heterocycles. The molecule has 1 aliphatic rings. The summed E-state index contributed by atoms with van der Waals surface area (Å²) in [4.78, 5) is 0.199. The first-order chi connectivity index (χ1) is 14.1. The Kier molecular flexibility index (Phi) is 5.58. The summed E-state index contributed by atoms with van der Waals surface area (Å²) in [5.74, 6) is 0.703. The highest BCUT2D eigenvalue weighted by molar-refractivity contribution is 7.92. The second-order valence-electron chi connectivity index (χ2n) is 7.19. The summed E-state index contributed by atoms with van der Waals surface area (Å²) < 4.78 is 36.4. The molecule has 0 spiro atoms. The zero-order valence-electron chi connectivity index (χ0n) is 16.4. The van der Waals surface area contributed by atoms with Gasteiger partial charge in [-0.2, -0.15) is 5.10 Å². The first-order valence-electron chi connectivity index (χ1n) is 9.97. The number of nitrogens with zero attached hydrogens (tertiary/aromatic N) is 2. The molecule has 152 valence electrons. The van der Waals surface area contributed by atoms with Crippen molar-refractivity contribution in [1.82, 2.24) is 9.78 Å². The molecule has 4 rings (SSSR count). The molecular weight excluding hydrogens is 386 g/mol. The minimum Gasteiger partial charge on any atom is -0.494 e. The lowest BCUT2D eigenvalue weighted by molar-refractivity contribution is 0.340. The number of benzene rings is 2. The third-order valence-electron chi connectivity index (χ3n) is 5.15. The van der Waals surface area contributed by atoms with E-state index in [1.165, 1.54) is 0 Å². The van der Waals surface area contributed by atoms with Gasteiger partial charge in [0.1, 0.15) is 16.3 Å². The van der Waals surface area contributed by atoms with E-state index in [1.807, 2.05) is 41.9 Å². The Bertz CT molecular complexity index is 1050. The summed E-state index contributed by atoms with van der Waals surface area (Å²) in [5.41, 5.74) is 1.76. The van der Waals surface area contributed by atoms with Crippen LogP contribution in [-0.2, 0) is 10.0 Å². The number of rotatable bonds is 7. The van der Waals surface area contributed by atoms with Gasteiger partial charge in [0.15, 0.2) is 0 Å². The summed E-state index contributed by atoms with van der Waals surface area (Å²) in [6.07, 6.45) is 6.04. The fourth-order valence-corrected chi connectivity index (χ4v) is 4.94. The SMILES string of the molecule is CCOc1ccc(NS(=O)(=O)c2cn(C3CCCC3)nc2-c2ccccc2)cc1. The monoisotopic (exact) mass is 411 g/mol. The largest absolute Gasteiger partial charge is 0.494 e. The quantitative estimate of drug-likeness (QED) is 0.602. The molecule has 0 unspecified atom stereocenters. The van der Waals surface area contributed by atoms with Gasteiger partial charge < -0.3 is 4.74 Å². The molecular formula is C22H25N3O3S. The Balaban J connectivity index is 1.69. The lowest BCUT2D eigenvalue weighted by Crippen LogP contribution is -2.13. The number of aromatic nitrogens is 2. The minimum atomic E-state index is -3.80. The van der Waals surface area contributed by atoms with Gasteiger partial charge in [0.05, 0.1) is 12.6 Å². The van der Waals surface area contributed by atoms with E-state index < -0.39 is 10.0 Å². The van der Waals surface area contributed by atoms with Crippen LogP contribution in [0.2, 0.25) is 0 Å². The van der Waals surface area contributed by atoms with Crippen LogP contribution >= 0.6 is 0 Å². The predicted octanol–water partition coefficient (Wildman–Crippen LogP) is 4.86. The van der Waals surface area contributed by atoms with Gasteiger partial charge in [-0.3, -0.25) is 9.40 Å². The number of hydrogen-bond acceptors (Lipinski definition) is 4. The molecule has 1 heterocycles. The Morgan fingerprint density at radius 1 is 1.07 bits per heavy atom. The van der Waals surface area contributed by atoms with Crippen molar-refractivity contribution >= 4 is 15.7 Å². The molecule has 1 aliphatic carbocycles. The number of nitrogens with one attached hydrogen (secondary N) is 1. The first-order valence-corrected chi connectivity index (χ1v) is 11.5. The third kappa shape index (κ3) is 4.29. The molecule has 6 nitrogen and oxygen atoms in total. The Hall–Kier alpha value is -2.80. The third-order valence-corrected chi connectivity index (χ3v) is 6.53. The van der Waals surface area contributed by atoms with Crippen molar-refractivity contribution in [3.63, 3.8) is 0 Å². The van der Waals surface area contributed by atoms with Gasteiger partial charge in [-0.15, -0.1) is 0 Å². The van der Waals surface area contributed by atoms with E-state index in [0.29, 0.717) is 23.7 Å². The van der Waals surface area contributed by atoms with E-state index in [-0.39, 0.29) is 10.9 Å². The molecule has 0 radical (unpaired) electrons. The molecule has 3 aromatic rings. The zero-order valence-corrected chi connectivity index (χ0v) is 17.2. The minimum absolute atomic E-state index is 0.199. The van der Waals surface area contributed by atoms with Gasteiger partial charge in [0, 0.05) is 17.4 Å². The van der Waals surface area contributed by atoms with Gasteiger partial charge in [-0.25, -0.2) is 8.42 Å². The van der Waals surface area contributed by atoms with Gasteiger partial charge in [0.2, 0.25) is 0 Å². The molecule has 0 aliphatic heterocycles. The van der Waals surface area contributed by atoms with E-state index in [9.17, 15) is 8.42 Å². The molecule has 0 bridgehead atoms. The normalized spacial score (nSPS) is 14.8. The standard InChI is InChI=1S/C22H25N3O3S/c1-2-28-20-14-12-18(13-15-20)24-29(26,27)21-16-25(19-10-6-7-11-19)23-22(21)17-8-4-3-5-9-17/h3-5,8-9,12-16,19,24H,2,6-7,10-11H2,1H3. The molecule has 29 heavy (non-hydrogen) atoms. The maximum atomic E-state index is 13.2. The van der Waals surface area contributed by atoms with Crippen LogP contribution in [0.3, 0.4) is 0 Å². The molecule has 1 saturated carbocycles. The molecule has 7 heteroatoms. The van der Waals surface area contributed by atoms with Crippen LogP contribution < -0.4 is 9.46 Å². The highest BCUT2D eigenvalue weighted by Crippen LogP contribution is 2.34.